The standard InChI is InChI=1S/C26H22N6O3/c1-16-4-7-20(30-24(33)17-5-8-19(9-6-17)29-25(34)23-15-35-23)13-22(16)32-26-28-12-10-21(31-26)18-3-2-11-27-14-18/h2-14,23H,15H2,1H3,(H,29,34)(H,30,33)(H,28,31,32). The van der Waals surface area contributed by atoms with E-state index in [4.69, 9.17) is 4.74 Å². The van der Waals surface area contributed by atoms with Gasteiger partial charge in [-0.3, -0.25) is 14.6 Å². The van der Waals surface area contributed by atoms with Crippen LogP contribution in [-0.4, -0.2) is 39.5 Å². The number of hydrogen-bond acceptors (Lipinski definition) is 7. The second-order valence-electron chi connectivity index (χ2n) is 8.00. The molecule has 1 atom stereocenters. The van der Waals surface area contributed by atoms with E-state index in [1.54, 1.807) is 42.9 Å². The van der Waals surface area contributed by atoms with E-state index in [0.717, 1.165) is 22.5 Å². The van der Waals surface area contributed by atoms with Gasteiger partial charge in [0.15, 0.2) is 6.10 Å². The van der Waals surface area contributed by atoms with Gasteiger partial charge >= 0.3 is 0 Å². The molecule has 1 saturated heterocycles. The number of ether oxygens (including phenoxy) is 1. The van der Waals surface area contributed by atoms with E-state index >= 15 is 0 Å². The largest absolute Gasteiger partial charge is 0.363 e. The number of nitrogens with zero attached hydrogens (tertiary/aromatic N) is 3. The number of nitrogens with one attached hydrogen (secondary N) is 3. The Balaban J connectivity index is 1.27. The molecule has 5 rings (SSSR count). The van der Waals surface area contributed by atoms with Crippen molar-refractivity contribution in [1.82, 2.24) is 15.0 Å². The van der Waals surface area contributed by atoms with Crippen LogP contribution < -0.4 is 16.0 Å². The summed E-state index contributed by atoms with van der Waals surface area (Å²) in [6.45, 7) is 2.40. The highest BCUT2D eigenvalue weighted by molar-refractivity contribution is 6.05. The molecule has 2 aromatic carbocycles. The lowest BCUT2D eigenvalue weighted by Crippen LogP contribution is -2.18. The Hall–Kier alpha value is -4.63. The molecule has 1 aliphatic heterocycles. The fourth-order valence-electron chi connectivity index (χ4n) is 3.38. The van der Waals surface area contributed by atoms with Gasteiger partial charge in [-0.1, -0.05) is 6.07 Å². The average Bonchev–Trinajstić information content (AvgIpc) is 3.73. The summed E-state index contributed by atoms with van der Waals surface area (Å²) in [7, 11) is 0. The zero-order valence-electron chi connectivity index (χ0n) is 18.9. The van der Waals surface area contributed by atoms with Crippen molar-refractivity contribution in [1.29, 1.82) is 0 Å². The molecule has 9 nitrogen and oxygen atoms in total. The first kappa shape index (κ1) is 22.2. The number of benzene rings is 2. The lowest BCUT2D eigenvalue weighted by molar-refractivity contribution is -0.117. The van der Waals surface area contributed by atoms with E-state index in [1.807, 2.05) is 43.3 Å². The summed E-state index contributed by atoms with van der Waals surface area (Å²) in [5.41, 5.74) is 5.08. The Morgan fingerprint density at radius 1 is 0.971 bits per heavy atom. The highest BCUT2D eigenvalue weighted by Gasteiger charge is 2.31. The molecule has 2 amide bonds. The molecule has 3 heterocycles. The molecule has 0 saturated carbocycles. The Bertz CT molecular complexity index is 1370. The highest BCUT2D eigenvalue weighted by atomic mass is 16.6. The van der Waals surface area contributed by atoms with Crippen LogP contribution in [0.25, 0.3) is 11.3 Å². The van der Waals surface area contributed by atoms with E-state index < -0.39 is 0 Å². The van der Waals surface area contributed by atoms with Crippen LogP contribution in [-0.2, 0) is 9.53 Å². The van der Waals surface area contributed by atoms with Gasteiger partial charge in [0.05, 0.1) is 12.3 Å². The summed E-state index contributed by atoms with van der Waals surface area (Å²) in [4.78, 5) is 37.6. The first-order chi connectivity index (χ1) is 17.0. The Kier molecular flexibility index (Phi) is 6.15. The van der Waals surface area contributed by atoms with Crippen molar-refractivity contribution < 1.29 is 14.3 Å². The topological polar surface area (TPSA) is 121 Å². The number of aromatic nitrogens is 3. The first-order valence-corrected chi connectivity index (χ1v) is 11.0. The predicted molar refractivity (Wildman–Crippen MR) is 132 cm³/mol. The molecule has 2 aromatic heterocycles. The summed E-state index contributed by atoms with van der Waals surface area (Å²) in [6.07, 6.45) is 4.77. The van der Waals surface area contributed by atoms with Crippen LogP contribution in [0.2, 0.25) is 0 Å². The van der Waals surface area contributed by atoms with Gasteiger partial charge in [-0.15, -0.1) is 0 Å². The summed E-state index contributed by atoms with van der Waals surface area (Å²) in [6, 6.07) is 17.9. The predicted octanol–water partition coefficient (Wildman–Crippen LogP) is 4.18. The van der Waals surface area contributed by atoms with Gasteiger partial charge in [-0.25, -0.2) is 9.97 Å². The fraction of sp³-hybridized carbons (Fsp3) is 0.115. The first-order valence-electron chi connectivity index (χ1n) is 11.0. The molecule has 1 aliphatic rings. The molecule has 0 radical (unpaired) electrons. The zero-order chi connectivity index (χ0) is 24.2. The molecule has 3 N–H and O–H groups in total. The summed E-state index contributed by atoms with van der Waals surface area (Å²) >= 11 is 0. The van der Waals surface area contributed by atoms with Crippen molar-refractivity contribution in [2.24, 2.45) is 0 Å². The molecule has 174 valence electrons. The van der Waals surface area contributed by atoms with Crippen molar-refractivity contribution in [2.45, 2.75) is 13.0 Å². The average molecular weight is 467 g/mol. The highest BCUT2D eigenvalue weighted by Crippen LogP contribution is 2.25. The van der Waals surface area contributed by atoms with Crippen LogP contribution >= 0.6 is 0 Å². The maximum atomic E-state index is 12.8. The molecule has 1 fully saturated rings. The SMILES string of the molecule is Cc1ccc(NC(=O)c2ccc(NC(=O)C3CO3)cc2)cc1Nc1nccc(-c2cccnc2)n1. The van der Waals surface area contributed by atoms with E-state index in [2.05, 4.69) is 30.9 Å². The van der Waals surface area contributed by atoms with Gasteiger partial charge in [-0.2, -0.15) is 0 Å². The Labute approximate surface area is 201 Å². The second kappa shape index (κ2) is 9.70. The van der Waals surface area contributed by atoms with Crippen LogP contribution in [0.4, 0.5) is 23.0 Å². The Morgan fingerprint density at radius 3 is 2.51 bits per heavy atom. The third-order valence-corrected chi connectivity index (χ3v) is 5.40. The van der Waals surface area contributed by atoms with Crippen LogP contribution in [0, 0.1) is 6.92 Å². The molecular weight excluding hydrogens is 444 g/mol. The third-order valence-electron chi connectivity index (χ3n) is 5.40. The van der Waals surface area contributed by atoms with Gasteiger partial charge in [-0.05, 0) is 67.1 Å². The monoisotopic (exact) mass is 466 g/mol. The summed E-state index contributed by atoms with van der Waals surface area (Å²) < 4.78 is 4.96. The van der Waals surface area contributed by atoms with Gasteiger partial charge < -0.3 is 20.7 Å². The molecule has 4 aromatic rings. The van der Waals surface area contributed by atoms with E-state index in [0.29, 0.717) is 29.5 Å². The van der Waals surface area contributed by atoms with Gasteiger partial charge in [0.1, 0.15) is 0 Å². The normalized spacial score (nSPS) is 14.1. The van der Waals surface area contributed by atoms with Crippen molar-refractivity contribution >= 4 is 34.8 Å². The summed E-state index contributed by atoms with van der Waals surface area (Å²) in [5, 5.41) is 8.88. The van der Waals surface area contributed by atoms with E-state index in [-0.39, 0.29) is 17.9 Å². The van der Waals surface area contributed by atoms with Crippen LogP contribution in [0.5, 0.6) is 0 Å². The van der Waals surface area contributed by atoms with Crippen LogP contribution in [0.3, 0.4) is 0 Å². The van der Waals surface area contributed by atoms with Crippen molar-refractivity contribution in [3.05, 3.63) is 90.4 Å². The second-order valence-corrected chi connectivity index (χ2v) is 8.00. The van der Waals surface area contributed by atoms with Gasteiger partial charge in [0.25, 0.3) is 11.8 Å². The Morgan fingerprint density at radius 2 is 1.77 bits per heavy atom. The smallest absolute Gasteiger partial charge is 0.255 e. The quantitative estimate of drug-likeness (QED) is 0.349. The molecule has 1 unspecified atom stereocenters. The van der Waals surface area contributed by atoms with Crippen molar-refractivity contribution in [2.75, 3.05) is 22.6 Å². The number of pyridine rings is 1. The lowest BCUT2D eigenvalue weighted by atomic mass is 10.1. The van der Waals surface area contributed by atoms with Crippen LogP contribution in [0.1, 0.15) is 15.9 Å². The minimum atomic E-state index is -0.370. The number of amides is 2. The minimum Gasteiger partial charge on any atom is -0.363 e. The van der Waals surface area contributed by atoms with Crippen molar-refractivity contribution in [3.63, 3.8) is 0 Å². The van der Waals surface area contributed by atoms with Gasteiger partial charge in [0.2, 0.25) is 5.95 Å². The fourth-order valence-corrected chi connectivity index (χ4v) is 3.38. The maximum absolute atomic E-state index is 12.8. The molecule has 0 spiro atoms. The number of carbonyl (C=O) groups is 2. The van der Waals surface area contributed by atoms with E-state index in [9.17, 15) is 9.59 Å². The number of carbonyl (C=O) groups excluding carboxylic acids is 2. The molecule has 0 aliphatic carbocycles. The zero-order valence-corrected chi connectivity index (χ0v) is 18.9. The van der Waals surface area contributed by atoms with Gasteiger partial charge in [0, 0.05) is 46.8 Å². The minimum absolute atomic E-state index is 0.183. The number of rotatable bonds is 7. The molecule has 0 bridgehead atoms. The maximum Gasteiger partial charge on any atom is 0.255 e. The third kappa shape index (κ3) is 5.48. The van der Waals surface area contributed by atoms with Crippen LogP contribution in [0.15, 0.2) is 79.3 Å². The number of hydrogen-bond donors (Lipinski definition) is 3. The van der Waals surface area contributed by atoms with E-state index in [1.165, 1.54) is 0 Å². The number of anilines is 4. The molecule has 35 heavy (non-hydrogen) atoms. The molecular formula is C26H22N6O3. The number of epoxide rings is 1. The lowest BCUT2D eigenvalue weighted by Gasteiger charge is -2.12. The summed E-state index contributed by atoms with van der Waals surface area (Å²) in [5.74, 6) is -0.0120. The molecule has 9 heteroatoms. The van der Waals surface area contributed by atoms with Crippen molar-refractivity contribution in [3.8, 4) is 11.3 Å². The number of aryl methyl sites for hydroxylation is 1.